The molecule has 4 rings (SSSR count). The first kappa shape index (κ1) is 12.8. The first-order valence-corrected chi connectivity index (χ1v) is 7.88. The standard InChI is InChI=1S/C15H24N4O/c1-9(14-18-17-11-5-4-7-19(11)14)16-12-10-6-8-20-13(10)15(12,2)3/h9-10,12-13,16H,4-8H2,1-3H3. The fourth-order valence-corrected chi connectivity index (χ4v) is 4.50. The minimum absolute atomic E-state index is 0.225. The predicted molar refractivity (Wildman–Crippen MR) is 75.3 cm³/mol. The van der Waals surface area contributed by atoms with E-state index in [1.807, 2.05) is 0 Å². The molecule has 1 saturated heterocycles. The van der Waals surface area contributed by atoms with Crippen molar-refractivity contribution in [2.45, 2.75) is 64.8 Å². The lowest BCUT2D eigenvalue weighted by atomic mass is 9.57. The highest BCUT2D eigenvalue weighted by Gasteiger charge is 2.59. The summed E-state index contributed by atoms with van der Waals surface area (Å²) in [6.07, 6.45) is 3.91. The van der Waals surface area contributed by atoms with Gasteiger partial charge in [0.25, 0.3) is 0 Å². The molecule has 4 atom stereocenters. The second-order valence-corrected chi connectivity index (χ2v) is 7.16. The van der Waals surface area contributed by atoms with E-state index < -0.39 is 0 Å². The summed E-state index contributed by atoms with van der Waals surface area (Å²) in [6, 6.07) is 0.791. The molecule has 1 aromatic heterocycles. The molecular weight excluding hydrogens is 252 g/mol. The molecule has 110 valence electrons. The van der Waals surface area contributed by atoms with Crippen LogP contribution in [-0.2, 0) is 17.7 Å². The molecule has 3 heterocycles. The highest BCUT2D eigenvalue weighted by Crippen LogP contribution is 2.52. The van der Waals surface area contributed by atoms with Crippen molar-refractivity contribution < 1.29 is 4.74 Å². The fourth-order valence-electron chi connectivity index (χ4n) is 4.50. The van der Waals surface area contributed by atoms with Crippen LogP contribution in [0.3, 0.4) is 0 Å². The van der Waals surface area contributed by atoms with Gasteiger partial charge in [-0.3, -0.25) is 0 Å². The van der Waals surface area contributed by atoms with Gasteiger partial charge < -0.3 is 14.6 Å². The summed E-state index contributed by atoms with van der Waals surface area (Å²) in [5.41, 5.74) is 0.225. The Hall–Kier alpha value is -0.940. The average Bonchev–Trinajstić information content (AvgIpc) is 3.10. The summed E-state index contributed by atoms with van der Waals surface area (Å²) in [5, 5.41) is 12.5. The number of aryl methyl sites for hydroxylation is 1. The van der Waals surface area contributed by atoms with Crippen molar-refractivity contribution in [2.75, 3.05) is 6.61 Å². The van der Waals surface area contributed by atoms with Gasteiger partial charge in [0.1, 0.15) is 11.6 Å². The number of aromatic nitrogens is 3. The zero-order valence-electron chi connectivity index (χ0n) is 12.6. The van der Waals surface area contributed by atoms with Gasteiger partial charge in [0.15, 0.2) is 0 Å². The third kappa shape index (κ3) is 1.62. The van der Waals surface area contributed by atoms with Gasteiger partial charge in [0, 0.05) is 36.9 Å². The highest BCUT2D eigenvalue weighted by molar-refractivity contribution is 5.13. The summed E-state index contributed by atoms with van der Waals surface area (Å²) < 4.78 is 8.17. The van der Waals surface area contributed by atoms with E-state index in [9.17, 15) is 0 Å². The largest absolute Gasteiger partial charge is 0.377 e. The number of fused-ring (bicyclic) bond motifs is 2. The number of nitrogens with zero attached hydrogens (tertiary/aromatic N) is 3. The van der Waals surface area contributed by atoms with Crippen LogP contribution >= 0.6 is 0 Å². The molecule has 0 amide bonds. The van der Waals surface area contributed by atoms with Gasteiger partial charge in [-0.25, -0.2) is 0 Å². The molecule has 0 spiro atoms. The Bertz CT molecular complexity index is 524. The summed E-state index contributed by atoms with van der Waals surface area (Å²) in [7, 11) is 0. The van der Waals surface area contributed by atoms with Gasteiger partial charge in [0.2, 0.25) is 0 Å². The van der Waals surface area contributed by atoms with E-state index in [-0.39, 0.29) is 11.5 Å². The Balaban J connectivity index is 1.51. The predicted octanol–water partition coefficient (Wildman–Crippen LogP) is 1.69. The van der Waals surface area contributed by atoms with Crippen LogP contribution in [0.15, 0.2) is 0 Å². The quantitative estimate of drug-likeness (QED) is 0.913. The molecule has 5 nitrogen and oxygen atoms in total. The molecule has 1 aromatic rings. The Labute approximate surface area is 120 Å². The molecule has 2 aliphatic heterocycles. The number of hydrogen-bond acceptors (Lipinski definition) is 4. The van der Waals surface area contributed by atoms with Crippen LogP contribution in [0, 0.1) is 11.3 Å². The average molecular weight is 276 g/mol. The maximum atomic E-state index is 5.87. The Kier molecular flexibility index (Phi) is 2.73. The van der Waals surface area contributed by atoms with E-state index in [0.29, 0.717) is 18.1 Å². The van der Waals surface area contributed by atoms with E-state index >= 15 is 0 Å². The fraction of sp³-hybridized carbons (Fsp3) is 0.867. The smallest absolute Gasteiger partial charge is 0.149 e. The van der Waals surface area contributed by atoms with Gasteiger partial charge >= 0.3 is 0 Å². The molecule has 20 heavy (non-hydrogen) atoms. The molecule has 0 bridgehead atoms. The van der Waals surface area contributed by atoms with Crippen molar-refractivity contribution >= 4 is 0 Å². The molecule has 0 aromatic carbocycles. The number of nitrogens with one attached hydrogen (secondary N) is 1. The summed E-state index contributed by atoms with van der Waals surface area (Å²) >= 11 is 0. The molecule has 1 N–H and O–H groups in total. The zero-order chi connectivity index (χ0) is 13.9. The maximum absolute atomic E-state index is 5.87. The molecular formula is C15H24N4O. The van der Waals surface area contributed by atoms with Crippen molar-refractivity contribution in [1.82, 2.24) is 20.1 Å². The minimum atomic E-state index is 0.225. The van der Waals surface area contributed by atoms with Gasteiger partial charge in [-0.15, -0.1) is 10.2 Å². The Morgan fingerprint density at radius 3 is 3.10 bits per heavy atom. The van der Waals surface area contributed by atoms with Gasteiger partial charge in [-0.1, -0.05) is 13.8 Å². The molecule has 0 radical (unpaired) electrons. The third-order valence-corrected chi connectivity index (χ3v) is 5.56. The Morgan fingerprint density at radius 2 is 2.25 bits per heavy atom. The van der Waals surface area contributed by atoms with Gasteiger partial charge in [-0.05, 0) is 19.8 Å². The highest BCUT2D eigenvalue weighted by atomic mass is 16.5. The molecule has 4 unspecified atom stereocenters. The Morgan fingerprint density at radius 1 is 1.40 bits per heavy atom. The second kappa shape index (κ2) is 4.28. The first-order valence-electron chi connectivity index (χ1n) is 7.88. The van der Waals surface area contributed by atoms with E-state index in [4.69, 9.17) is 4.74 Å². The van der Waals surface area contributed by atoms with Crippen molar-refractivity contribution in [3.8, 4) is 0 Å². The van der Waals surface area contributed by atoms with Crippen LogP contribution in [0.25, 0.3) is 0 Å². The van der Waals surface area contributed by atoms with Crippen molar-refractivity contribution in [3.05, 3.63) is 11.6 Å². The van der Waals surface area contributed by atoms with Crippen LogP contribution in [0.2, 0.25) is 0 Å². The number of rotatable bonds is 3. The lowest BCUT2D eigenvalue weighted by Gasteiger charge is -2.55. The lowest BCUT2D eigenvalue weighted by Crippen LogP contribution is -2.66. The van der Waals surface area contributed by atoms with Crippen LogP contribution in [0.4, 0.5) is 0 Å². The topological polar surface area (TPSA) is 52.0 Å². The van der Waals surface area contributed by atoms with Crippen LogP contribution in [0.1, 0.15) is 51.3 Å². The number of hydrogen-bond donors (Lipinski definition) is 1. The van der Waals surface area contributed by atoms with Crippen LogP contribution in [0.5, 0.6) is 0 Å². The molecule has 5 heteroatoms. The molecule has 1 saturated carbocycles. The van der Waals surface area contributed by atoms with Crippen molar-refractivity contribution in [2.24, 2.45) is 11.3 Å². The van der Waals surface area contributed by atoms with Gasteiger partial charge in [-0.2, -0.15) is 0 Å². The second-order valence-electron chi connectivity index (χ2n) is 7.16. The molecule has 2 fully saturated rings. The van der Waals surface area contributed by atoms with E-state index in [1.54, 1.807) is 0 Å². The van der Waals surface area contributed by atoms with Crippen molar-refractivity contribution in [3.63, 3.8) is 0 Å². The number of ether oxygens (including phenoxy) is 1. The van der Waals surface area contributed by atoms with Gasteiger partial charge in [0.05, 0.1) is 12.1 Å². The molecule has 1 aliphatic carbocycles. The monoisotopic (exact) mass is 276 g/mol. The first-order chi connectivity index (χ1) is 9.59. The SMILES string of the molecule is CC(NC1C2CCOC2C1(C)C)c1nnc2n1CCC2. The van der Waals surface area contributed by atoms with E-state index in [0.717, 1.165) is 31.2 Å². The van der Waals surface area contributed by atoms with Crippen LogP contribution < -0.4 is 5.32 Å². The zero-order valence-corrected chi connectivity index (χ0v) is 12.6. The van der Waals surface area contributed by atoms with Crippen LogP contribution in [-0.4, -0.2) is 33.5 Å². The summed E-state index contributed by atoms with van der Waals surface area (Å²) in [6.45, 7) is 8.85. The molecule has 3 aliphatic rings. The lowest BCUT2D eigenvalue weighted by molar-refractivity contribution is -0.115. The normalized spacial score (nSPS) is 35.5. The van der Waals surface area contributed by atoms with Crippen molar-refractivity contribution in [1.29, 1.82) is 0 Å². The third-order valence-electron chi connectivity index (χ3n) is 5.56. The van der Waals surface area contributed by atoms with E-state index in [2.05, 4.69) is 40.9 Å². The summed E-state index contributed by atoms with van der Waals surface area (Å²) in [4.78, 5) is 0. The maximum Gasteiger partial charge on any atom is 0.149 e. The minimum Gasteiger partial charge on any atom is -0.377 e. The van der Waals surface area contributed by atoms with E-state index in [1.165, 1.54) is 12.8 Å². The summed E-state index contributed by atoms with van der Waals surface area (Å²) in [5.74, 6) is 2.94.